The molecule has 128 valence electrons. The molecule has 0 bridgehead atoms. The van der Waals surface area contributed by atoms with Gasteiger partial charge >= 0.3 is 5.97 Å². The zero-order valence-corrected chi connectivity index (χ0v) is 11.5. The minimum atomic E-state index is -2.82. The third kappa shape index (κ3) is 3.89. The second-order valence-corrected chi connectivity index (χ2v) is 4.98. The van der Waals surface area contributed by atoms with E-state index in [2.05, 4.69) is 5.32 Å². The third-order valence-electron chi connectivity index (χ3n) is 3.35. The van der Waals surface area contributed by atoms with Crippen molar-refractivity contribution in [2.45, 2.75) is 42.7 Å². The van der Waals surface area contributed by atoms with Gasteiger partial charge in [-0.2, -0.15) is 0 Å². The highest BCUT2D eigenvalue weighted by Gasteiger charge is 2.53. The van der Waals surface area contributed by atoms with Crippen LogP contribution in [0.2, 0.25) is 0 Å². The highest BCUT2D eigenvalue weighted by Crippen LogP contribution is 2.30. The molecule has 0 saturated carbocycles. The van der Waals surface area contributed by atoms with E-state index in [-0.39, 0.29) is 0 Å². The van der Waals surface area contributed by atoms with E-state index in [9.17, 15) is 30.0 Å². The zero-order valence-electron chi connectivity index (χ0n) is 11.5. The Labute approximate surface area is 124 Å². The fourth-order valence-electron chi connectivity index (χ4n) is 2.15. The fraction of sp³-hybridized carbons (Fsp3) is 0.818. The molecule has 1 fully saturated rings. The molecule has 6 unspecified atom stereocenters. The first-order valence-electron chi connectivity index (χ1n) is 6.44. The molecule has 1 aliphatic heterocycles. The maximum atomic E-state index is 11.4. The normalized spacial score (nSPS) is 34.7. The van der Waals surface area contributed by atoms with Gasteiger partial charge in [0.2, 0.25) is 5.91 Å². The fourth-order valence-corrected chi connectivity index (χ4v) is 2.15. The third-order valence-corrected chi connectivity index (χ3v) is 3.35. The van der Waals surface area contributed by atoms with Crippen LogP contribution in [0.5, 0.6) is 0 Å². The summed E-state index contributed by atoms with van der Waals surface area (Å²) in [6, 6.07) is -1.34. The van der Waals surface area contributed by atoms with E-state index >= 15 is 0 Å². The summed E-state index contributed by atoms with van der Waals surface area (Å²) in [5.74, 6) is -5.36. The van der Waals surface area contributed by atoms with Crippen molar-refractivity contribution in [2.24, 2.45) is 5.73 Å². The van der Waals surface area contributed by atoms with Gasteiger partial charge in [0.15, 0.2) is 0 Å². The van der Waals surface area contributed by atoms with Crippen LogP contribution in [0, 0.1) is 0 Å². The topological polar surface area (TPSA) is 203 Å². The van der Waals surface area contributed by atoms with Gasteiger partial charge in [0.1, 0.15) is 18.3 Å². The van der Waals surface area contributed by atoms with Crippen molar-refractivity contribution in [1.82, 2.24) is 5.32 Å². The summed E-state index contributed by atoms with van der Waals surface area (Å²) in [4.78, 5) is 22.4. The Morgan fingerprint density at radius 1 is 1.41 bits per heavy atom. The van der Waals surface area contributed by atoms with Crippen LogP contribution in [-0.2, 0) is 14.3 Å². The van der Waals surface area contributed by atoms with Crippen LogP contribution >= 0.6 is 0 Å². The van der Waals surface area contributed by atoms with Crippen molar-refractivity contribution in [3.05, 3.63) is 0 Å². The minimum absolute atomic E-state index is 0.447. The summed E-state index contributed by atoms with van der Waals surface area (Å²) in [5.41, 5.74) is 5.11. The average Bonchev–Trinajstić information content (AvgIpc) is 2.47. The molecular formula is C11H20N2O9. The van der Waals surface area contributed by atoms with Gasteiger partial charge in [-0.15, -0.1) is 0 Å². The number of carboxylic acid groups (broad SMARTS) is 1. The Bertz CT molecular complexity index is 420. The summed E-state index contributed by atoms with van der Waals surface area (Å²) in [7, 11) is 0. The van der Waals surface area contributed by atoms with Crippen LogP contribution < -0.4 is 11.1 Å². The second-order valence-electron chi connectivity index (χ2n) is 4.98. The molecular weight excluding hydrogens is 304 g/mol. The molecule has 1 aliphatic rings. The number of hydrogen-bond acceptors (Lipinski definition) is 9. The van der Waals surface area contributed by atoms with E-state index in [0.29, 0.717) is 0 Å². The van der Waals surface area contributed by atoms with Crippen LogP contribution in [0.25, 0.3) is 0 Å². The van der Waals surface area contributed by atoms with Crippen LogP contribution in [0.3, 0.4) is 0 Å². The van der Waals surface area contributed by atoms with Gasteiger partial charge in [-0.05, 0) is 0 Å². The molecule has 1 amide bonds. The molecule has 11 nitrogen and oxygen atoms in total. The number of aliphatic carboxylic acids is 1. The van der Waals surface area contributed by atoms with E-state index in [0.717, 1.165) is 0 Å². The number of amides is 1. The maximum absolute atomic E-state index is 11.4. The molecule has 9 N–H and O–H groups in total. The Morgan fingerprint density at radius 3 is 2.45 bits per heavy atom. The highest BCUT2D eigenvalue weighted by atomic mass is 16.7. The van der Waals surface area contributed by atoms with E-state index in [1.54, 1.807) is 0 Å². The summed E-state index contributed by atoms with van der Waals surface area (Å²) in [6.07, 6.45) is -7.70. The number of nitrogens with one attached hydrogen (secondary N) is 1. The van der Waals surface area contributed by atoms with Crippen LogP contribution in [0.4, 0.5) is 0 Å². The molecule has 0 spiro atoms. The van der Waals surface area contributed by atoms with E-state index < -0.39 is 67.7 Å². The lowest BCUT2D eigenvalue weighted by Gasteiger charge is -2.44. The second kappa shape index (κ2) is 7.28. The molecule has 0 aromatic rings. The van der Waals surface area contributed by atoms with E-state index in [4.69, 9.17) is 20.7 Å². The Balaban J connectivity index is 3.07. The lowest BCUT2D eigenvalue weighted by Crippen LogP contribution is -2.67. The van der Waals surface area contributed by atoms with Gasteiger partial charge in [0.05, 0.1) is 25.3 Å². The molecule has 0 radical (unpaired) electrons. The standard InChI is InChI=1S/C11H20N2O9/c12-2-6(17)13-7-4(15)1-11(21,10(19)20)22-9(7)8(18)5(16)3-14/h4-5,7-9,14-16,18,21H,1-3,12H2,(H,13,17)(H,19,20). The smallest absolute Gasteiger partial charge is 0.364 e. The molecule has 1 rings (SSSR count). The van der Waals surface area contributed by atoms with Crippen LogP contribution in [-0.4, -0.2) is 91.9 Å². The molecule has 0 aliphatic carbocycles. The van der Waals surface area contributed by atoms with Crippen LogP contribution in [0.1, 0.15) is 6.42 Å². The highest BCUT2D eigenvalue weighted by molar-refractivity contribution is 5.78. The summed E-state index contributed by atoms with van der Waals surface area (Å²) in [6.45, 7) is -1.34. The number of carbonyl (C=O) groups is 2. The van der Waals surface area contributed by atoms with Gasteiger partial charge in [0.25, 0.3) is 5.79 Å². The number of carboxylic acids is 1. The Kier molecular flexibility index (Phi) is 6.19. The number of nitrogens with two attached hydrogens (primary N) is 1. The van der Waals surface area contributed by atoms with Crippen molar-refractivity contribution >= 4 is 11.9 Å². The molecule has 1 saturated heterocycles. The van der Waals surface area contributed by atoms with Gasteiger partial charge in [-0.25, -0.2) is 4.79 Å². The monoisotopic (exact) mass is 324 g/mol. The minimum Gasteiger partial charge on any atom is -0.477 e. The van der Waals surface area contributed by atoms with Gasteiger partial charge in [-0.3, -0.25) is 4.79 Å². The molecule has 0 aromatic carbocycles. The predicted molar refractivity (Wildman–Crippen MR) is 68.2 cm³/mol. The first-order valence-corrected chi connectivity index (χ1v) is 6.44. The SMILES string of the molecule is NCC(=O)NC1C(O)CC(O)(C(=O)O)OC1C(O)C(O)CO. The average molecular weight is 324 g/mol. The number of aliphatic hydroxyl groups excluding tert-OH is 4. The summed E-state index contributed by atoms with van der Waals surface area (Å²) < 4.78 is 4.87. The number of aliphatic hydroxyl groups is 5. The molecule has 22 heavy (non-hydrogen) atoms. The lowest BCUT2D eigenvalue weighted by atomic mass is 9.88. The summed E-state index contributed by atoms with van der Waals surface area (Å²) >= 11 is 0. The zero-order chi connectivity index (χ0) is 17.1. The quantitative estimate of drug-likeness (QED) is 0.234. The van der Waals surface area contributed by atoms with Crippen molar-refractivity contribution in [2.75, 3.05) is 13.2 Å². The van der Waals surface area contributed by atoms with Crippen molar-refractivity contribution in [1.29, 1.82) is 0 Å². The molecule has 0 aromatic heterocycles. The van der Waals surface area contributed by atoms with Crippen molar-refractivity contribution in [3.8, 4) is 0 Å². The van der Waals surface area contributed by atoms with Gasteiger partial charge in [0, 0.05) is 6.42 Å². The first kappa shape index (κ1) is 18.7. The molecule has 1 heterocycles. The first-order chi connectivity index (χ1) is 10.2. The summed E-state index contributed by atoms with van der Waals surface area (Å²) in [5, 5.41) is 59.1. The molecule has 11 heteroatoms. The Morgan fingerprint density at radius 2 is 2.00 bits per heavy atom. The van der Waals surface area contributed by atoms with E-state index in [1.807, 2.05) is 0 Å². The number of ether oxygens (including phenoxy) is 1. The number of carbonyl (C=O) groups excluding carboxylic acids is 1. The lowest BCUT2D eigenvalue weighted by molar-refractivity contribution is -0.295. The Hall–Kier alpha value is -1.34. The van der Waals surface area contributed by atoms with Gasteiger partial charge in [-0.1, -0.05) is 0 Å². The molecule has 6 atom stereocenters. The maximum Gasteiger partial charge on any atom is 0.364 e. The van der Waals surface area contributed by atoms with Crippen molar-refractivity contribution in [3.63, 3.8) is 0 Å². The van der Waals surface area contributed by atoms with Crippen LogP contribution in [0.15, 0.2) is 0 Å². The number of hydrogen-bond donors (Lipinski definition) is 8. The van der Waals surface area contributed by atoms with E-state index in [1.165, 1.54) is 0 Å². The largest absolute Gasteiger partial charge is 0.477 e. The predicted octanol–water partition coefficient (Wildman–Crippen LogP) is -4.93. The van der Waals surface area contributed by atoms with Gasteiger partial charge < -0.3 is 46.4 Å². The van der Waals surface area contributed by atoms with Crippen molar-refractivity contribution < 1.29 is 45.0 Å². The number of rotatable bonds is 6.